The number of nitrogens with zero attached hydrogens (tertiary/aromatic N) is 2. The third-order valence-corrected chi connectivity index (χ3v) is 11.1. The second-order valence-corrected chi connectivity index (χ2v) is 16.0. The Bertz CT molecular complexity index is 1350. The zero-order chi connectivity index (χ0) is 42.0. The summed E-state index contributed by atoms with van der Waals surface area (Å²) in [4.78, 5) is 71.3. The van der Waals surface area contributed by atoms with E-state index in [1.807, 2.05) is 63.8 Å². The number of nitrogens with two attached hydrogens (primary N) is 1. The molecule has 1 saturated heterocycles. The van der Waals surface area contributed by atoms with Crippen molar-refractivity contribution < 1.29 is 38.2 Å². The van der Waals surface area contributed by atoms with Gasteiger partial charge in [-0.05, 0) is 50.9 Å². The SMILES string of the molecule is CC[C@H](C)[C@@H]([C@@H](CC(=O)N1CCC[C@H]1[C@H](OC)[C@@H](C)C(=O)NCCC1C=CC=CC=C1)OC)N(C)C(=O)[C@@H](NC(=O)C(C)(C)NC(=O)CCOCCN)C(C)C. The molecule has 0 aromatic heterocycles. The van der Waals surface area contributed by atoms with Gasteiger partial charge in [0.2, 0.25) is 29.5 Å². The molecule has 14 nitrogen and oxygen atoms in total. The van der Waals surface area contributed by atoms with Crippen LogP contribution in [0.5, 0.6) is 0 Å². The van der Waals surface area contributed by atoms with E-state index in [4.69, 9.17) is 19.9 Å². The molecule has 318 valence electrons. The van der Waals surface area contributed by atoms with Crippen LogP contribution in [-0.4, -0.2) is 129 Å². The molecule has 2 rings (SSSR count). The fourth-order valence-electron chi connectivity index (χ4n) is 7.50. The Morgan fingerprint density at radius 1 is 0.982 bits per heavy atom. The zero-order valence-corrected chi connectivity index (χ0v) is 35.7. The van der Waals surface area contributed by atoms with Crippen molar-refractivity contribution in [2.24, 2.45) is 29.4 Å². The minimum absolute atomic E-state index is 0.0146. The summed E-state index contributed by atoms with van der Waals surface area (Å²) in [5.74, 6) is -2.05. The van der Waals surface area contributed by atoms with Gasteiger partial charge in [-0.25, -0.2) is 0 Å². The van der Waals surface area contributed by atoms with Gasteiger partial charge in [-0.3, -0.25) is 24.0 Å². The molecule has 5 amide bonds. The molecule has 14 heteroatoms. The number of allylic oxidation sites excluding steroid dienone is 6. The summed E-state index contributed by atoms with van der Waals surface area (Å²) in [7, 11) is 4.81. The van der Waals surface area contributed by atoms with Gasteiger partial charge in [0.05, 0.1) is 49.8 Å². The summed E-state index contributed by atoms with van der Waals surface area (Å²) in [6.07, 6.45) is 14.1. The lowest BCUT2D eigenvalue weighted by Crippen LogP contribution is -2.62. The highest BCUT2D eigenvalue weighted by Crippen LogP contribution is 2.29. The van der Waals surface area contributed by atoms with Crippen LogP contribution in [0.2, 0.25) is 0 Å². The first kappa shape index (κ1) is 48.6. The van der Waals surface area contributed by atoms with E-state index in [9.17, 15) is 24.0 Å². The summed E-state index contributed by atoms with van der Waals surface area (Å²) >= 11 is 0. The van der Waals surface area contributed by atoms with Gasteiger partial charge in [0.25, 0.3) is 0 Å². The second-order valence-electron chi connectivity index (χ2n) is 16.0. The highest BCUT2D eigenvalue weighted by molar-refractivity contribution is 5.94. The van der Waals surface area contributed by atoms with Crippen LogP contribution in [0, 0.1) is 23.7 Å². The number of carbonyl (C=O) groups excluding carboxylic acids is 5. The van der Waals surface area contributed by atoms with E-state index >= 15 is 0 Å². The Hall–Kier alpha value is -3.59. The van der Waals surface area contributed by atoms with Crippen molar-refractivity contribution in [2.45, 2.75) is 123 Å². The van der Waals surface area contributed by atoms with Crippen LogP contribution in [0.25, 0.3) is 0 Å². The second kappa shape index (κ2) is 24.2. The predicted molar refractivity (Wildman–Crippen MR) is 218 cm³/mol. The highest BCUT2D eigenvalue weighted by atomic mass is 16.5. The zero-order valence-electron chi connectivity index (χ0n) is 35.7. The van der Waals surface area contributed by atoms with Gasteiger partial charge < -0.3 is 45.7 Å². The van der Waals surface area contributed by atoms with Crippen LogP contribution in [0.15, 0.2) is 36.5 Å². The molecule has 2 aliphatic rings. The number of carbonyl (C=O) groups is 5. The first-order valence-electron chi connectivity index (χ1n) is 20.3. The standard InChI is InChI=1S/C42H72N6O8/c1-11-29(4)37(47(8)40(52)36(28(2)3)45-41(53)42(6,7)46-34(49)21-25-56-26-22-43)33(54-9)27-35(50)48-24-16-19-32(48)38(55-10)30(5)39(51)44-23-20-31-17-14-12-13-15-18-31/h12-15,17-18,28-33,36-38H,11,16,19-27,43H2,1-10H3,(H,44,51)(H,45,53)(H,46,49)/t29-,30+,32-,33+,36-,37-,38+/m0/s1. The molecular weight excluding hydrogens is 716 g/mol. The Kier molecular flexibility index (Phi) is 21.0. The largest absolute Gasteiger partial charge is 0.380 e. The van der Waals surface area contributed by atoms with Gasteiger partial charge in [0, 0.05) is 47.3 Å². The number of ether oxygens (including phenoxy) is 3. The molecule has 0 bridgehead atoms. The van der Waals surface area contributed by atoms with Crippen molar-refractivity contribution in [3.05, 3.63) is 36.5 Å². The average molecular weight is 789 g/mol. The number of methoxy groups -OCH3 is 2. The molecule has 1 heterocycles. The van der Waals surface area contributed by atoms with Gasteiger partial charge in [-0.1, -0.05) is 77.5 Å². The van der Waals surface area contributed by atoms with E-state index in [0.717, 1.165) is 12.8 Å². The summed E-state index contributed by atoms with van der Waals surface area (Å²) in [6, 6.07) is -1.71. The van der Waals surface area contributed by atoms with E-state index in [1.165, 1.54) is 0 Å². The third-order valence-electron chi connectivity index (χ3n) is 11.1. The normalized spacial score (nSPS) is 19.1. The molecule has 5 N–H and O–H groups in total. The number of amides is 5. The molecule has 7 atom stereocenters. The topological polar surface area (TPSA) is 182 Å². The molecule has 0 radical (unpaired) electrons. The minimum atomic E-state index is -1.30. The van der Waals surface area contributed by atoms with Crippen molar-refractivity contribution in [3.8, 4) is 0 Å². The van der Waals surface area contributed by atoms with Crippen molar-refractivity contribution in [3.63, 3.8) is 0 Å². The van der Waals surface area contributed by atoms with Gasteiger partial charge in [-0.15, -0.1) is 0 Å². The van der Waals surface area contributed by atoms with Crippen molar-refractivity contribution in [1.82, 2.24) is 25.8 Å². The molecule has 0 saturated carbocycles. The van der Waals surface area contributed by atoms with Crippen LogP contribution in [0.3, 0.4) is 0 Å². The van der Waals surface area contributed by atoms with E-state index in [-0.39, 0.29) is 66.9 Å². The minimum Gasteiger partial charge on any atom is -0.380 e. The van der Waals surface area contributed by atoms with Gasteiger partial charge in [-0.2, -0.15) is 0 Å². The maximum atomic E-state index is 14.3. The maximum absolute atomic E-state index is 14.3. The molecule has 1 aliphatic heterocycles. The van der Waals surface area contributed by atoms with Crippen molar-refractivity contribution in [1.29, 1.82) is 0 Å². The molecule has 56 heavy (non-hydrogen) atoms. The Labute approximate surface area is 335 Å². The highest BCUT2D eigenvalue weighted by Gasteiger charge is 2.43. The fourth-order valence-corrected chi connectivity index (χ4v) is 7.50. The summed E-state index contributed by atoms with van der Waals surface area (Å²) in [5.41, 5.74) is 4.13. The van der Waals surface area contributed by atoms with E-state index in [1.54, 1.807) is 40.0 Å². The van der Waals surface area contributed by atoms with Crippen LogP contribution < -0.4 is 21.7 Å². The lowest BCUT2D eigenvalue weighted by molar-refractivity contribution is -0.148. The van der Waals surface area contributed by atoms with E-state index in [2.05, 4.69) is 28.1 Å². The predicted octanol–water partition coefficient (Wildman–Crippen LogP) is 3.11. The molecule has 1 aliphatic carbocycles. The summed E-state index contributed by atoms with van der Waals surface area (Å²) in [5, 5.41) is 8.69. The molecule has 0 spiro atoms. The first-order chi connectivity index (χ1) is 26.5. The Morgan fingerprint density at radius 2 is 1.64 bits per heavy atom. The molecule has 1 fully saturated rings. The summed E-state index contributed by atoms with van der Waals surface area (Å²) < 4.78 is 17.2. The number of hydrogen-bond donors (Lipinski definition) is 4. The lowest BCUT2D eigenvalue weighted by Gasteiger charge is -2.41. The molecule has 0 unspecified atom stereocenters. The third kappa shape index (κ3) is 14.4. The average Bonchev–Trinajstić information content (AvgIpc) is 3.50. The van der Waals surface area contributed by atoms with E-state index in [0.29, 0.717) is 39.1 Å². The van der Waals surface area contributed by atoms with Gasteiger partial charge >= 0.3 is 0 Å². The number of rotatable bonds is 24. The smallest absolute Gasteiger partial charge is 0.245 e. The van der Waals surface area contributed by atoms with Crippen LogP contribution in [0.1, 0.15) is 87.0 Å². The number of likely N-dealkylation sites (tertiary alicyclic amines) is 1. The number of nitrogens with one attached hydrogen (secondary N) is 3. The fraction of sp³-hybridized carbons (Fsp3) is 0.738. The Morgan fingerprint density at radius 3 is 2.21 bits per heavy atom. The molecule has 0 aromatic carbocycles. The van der Waals surface area contributed by atoms with Crippen molar-refractivity contribution >= 4 is 29.5 Å². The van der Waals surface area contributed by atoms with Gasteiger partial charge in [0.1, 0.15) is 11.6 Å². The van der Waals surface area contributed by atoms with Gasteiger partial charge in [0.15, 0.2) is 0 Å². The van der Waals surface area contributed by atoms with Crippen molar-refractivity contribution in [2.75, 3.05) is 54.1 Å². The number of hydrogen-bond acceptors (Lipinski definition) is 9. The molecular formula is C42H72N6O8. The first-order valence-corrected chi connectivity index (χ1v) is 20.3. The number of likely N-dealkylation sites (N-methyl/N-ethyl adjacent to an activating group) is 1. The van der Waals surface area contributed by atoms with Crippen LogP contribution in [-0.2, 0) is 38.2 Å². The monoisotopic (exact) mass is 789 g/mol. The maximum Gasteiger partial charge on any atom is 0.245 e. The van der Waals surface area contributed by atoms with E-state index < -0.39 is 41.7 Å². The Balaban J connectivity index is 2.16. The molecule has 0 aromatic rings. The van der Waals surface area contributed by atoms with Crippen LogP contribution >= 0.6 is 0 Å². The summed E-state index contributed by atoms with van der Waals surface area (Å²) in [6.45, 7) is 14.6. The quantitative estimate of drug-likeness (QED) is 0.107. The van der Waals surface area contributed by atoms with Crippen LogP contribution in [0.4, 0.5) is 0 Å². The lowest BCUT2D eigenvalue weighted by atomic mass is 9.89.